The Balaban J connectivity index is 1.56. The fourth-order valence-electron chi connectivity index (χ4n) is 2.81. The van der Waals surface area contributed by atoms with E-state index in [4.69, 9.17) is 16.1 Å². The maximum atomic E-state index is 13.2. The predicted octanol–water partition coefficient (Wildman–Crippen LogP) is 3.16. The topological polar surface area (TPSA) is 90.0 Å². The van der Waals surface area contributed by atoms with Crippen LogP contribution in [-0.2, 0) is 17.9 Å². The molecule has 0 spiro atoms. The largest absolute Gasteiger partial charge is 0.350 e. The van der Waals surface area contributed by atoms with Gasteiger partial charge in [-0.25, -0.2) is 9.37 Å². The van der Waals surface area contributed by atoms with E-state index in [1.54, 1.807) is 24.3 Å². The summed E-state index contributed by atoms with van der Waals surface area (Å²) in [6.07, 6.45) is 1.23. The van der Waals surface area contributed by atoms with E-state index in [1.165, 1.54) is 35.2 Å². The zero-order valence-corrected chi connectivity index (χ0v) is 15.7. The molecule has 4 rings (SSSR count). The number of benzene rings is 2. The van der Waals surface area contributed by atoms with Gasteiger partial charge >= 0.3 is 0 Å². The van der Waals surface area contributed by atoms with E-state index in [0.717, 1.165) is 5.56 Å². The van der Waals surface area contributed by atoms with Gasteiger partial charge in [0.05, 0.1) is 0 Å². The van der Waals surface area contributed by atoms with Gasteiger partial charge in [0.1, 0.15) is 29.8 Å². The zero-order valence-electron chi connectivity index (χ0n) is 14.9. The van der Waals surface area contributed by atoms with Crippen molar-refractivity contribution in [2.75, 3.05) is 0 Å². The van der Waals surface area contributed by atoms with Gasteiger partial charge in [-0.05, 0) is 42.0 Å². The van der Waals surface area contributed by atoms with Crippen molar-refractivity contribution in [3.63, 3.8) is 0 Å². The lowest BCUT2D eigenvalue weighted by atomic mass is 10.1. The molecule has 1 amide bonds. The fourth-order valence-corrected chi connectivity index (χ4v) is 2.94. The standard InChI is InChI=1S/C20H14ClFN4O3/c21-14-5-1-12(2-6-14)9-23-16(27)10-26-11-24-19-17(20(26)28)18(25-29-19)13-3-7-15(22)8-4-13/h1-8,11H,9-10H2,(H,23,27). The molecule has 0 bridgehead atoms. The van der Waals surface area contributed by atoms with Gasteiger partial charge in [0, 0.05) is 17.1 Å². The second-order valence-corrected chi connectivity index (χ2v) is 6.74. The summed E-state index contributed by atoms with van der Waals surface area (Å²) in [5, 5.41) is 7.35. The van der Waals surface area contributed by atoms with Crippen molar-refractivity contribution >= 4 is 28.6 Å². The molecule has 2 heterocycles. The molecule has 0 saturated carbocycles. The average molecular weight is 413 g/mol. The fraction of sp³-hybridized carbons (Fsp3) is 0.100. The second-order valence-electron chi connectivity index (χ2n) is 6.30. The molecule has 0 aliphatic rings. The molecule has 7 nitrogen and oxygen atoms in total. The van der Waals surface area contributed by atoms with E-state index in [9.17, 15) is 14.0 Å². The lowest BCUT2D eigenvalue weighted by molar-refractivity contribution is -0.121. The van der Waals surface area contributed by atoms with Crippen LogP contribution in [0.2, 0.25) is 5.02 Å². The highest BCUT2D eigenvalue weighted by molar-refractivity contribution is 6.30. The van der Waals surface area contributed by atoms with Gasteiger partial charge in [0.2, 0.25) is 5.91 Å². The van der Waals surface area contributed by atoms with Crippen molar-refractivity contribution in [3.8, 4) is 11.3 Å². The van der Waals surface area contributed by atoms with E-state index in [2.05, 4.69) is 15.5 Å². The van der Waals surface area contributed by atoms with E-state index >= 15 is 0 Å². The van der Waals surface area contributed by atoms with Crippen LogP contribution >= 0.6 is 11.6 Å². The number of nitrogens with one attached hydrogen (secondary N) is 1. The number of nitrogens with zero attached hydrogens (tertiary/aromatic N) is 3. The quantitative estimate of drug-likeness (QED) is 0.543. The summed E-state index contributed by atoms with van der Waals surface area (Å²) in [6.45, 7) is 0.0813. The number of fused-ring (bicyclic) bond motifs is 1. The Morgan fingerprint density at radius 3 is 2.59 bits per heavy atom. The average Bonchev–Trinajstić information content (AvgIpc) is 3.15. The van der Waals surface area contributed by atoms with Crippen LogP contribution < -0.4 is 10.9 Å². The number of halogens is 2. The summed E-state index contributed by atoms with van der Waals surface area (Å²) in [6, 6.07) is 12.6. The molecule has 2 aromatic carbocycles. The third-order valence-corrected chi connectivity index (χ3v) is 4.55. The number of carbonyl (C=O) groups excluding carboxylic acids is 1. The first kappa shape index (κ1) is 18.8. The monoisotopic (exact) mass is 412 g/mol. The molecule has 0 atom stereocenters. The molecule has 9 heteroatoms. The van der Waals surface area contributed by atoms with Crippen LogP contribution in [0.3, 0.4) is 0 Å². The highest BCUT2D eigenvalue weighted by Crippen LogP contribution is 2.24. The lowest BCUT2D eigenvalue weighted by Gasteiger charge is -2.07. The molecular formula is C20H14ClFN4O3. The maximum Gasteiger partial charge on any atom is 0.267 e. The van der Waals surface area contributed by atoms with Crippen LogP contribution in [-0.4, -0.2) is 20.6 Å². The molecule has 29 heavy (non-hydrogen) atoms. The summed E-state index contributed by atoms with van der Waals surface area (Å²) in [5.74, 6) is -0.766. The summed E-state index contributed by atoms with van der Waals surface area (Å²) >= 11 is 5.84. The van der Waals surface area contributed by atoms with Crippen LogP contribution in [0.1, 0.15) is 5.56 Å². The molecule has 0 aliphatic heterocycles. The first-order valence-electron chi connectivity index (χ1n) is 8.63. The van der Waals surface area contributed by atoms with Crippen molar-refractivity contribution in [2.24, 2.45) is 0 Å². The van der Waals surface area contributed by atoms with Gasteiger partial charge in [-0.15, -0.1) is 0 Å². The van der Waals surface area contributed by atoms with Crippen LogP contribution in [0.15, 0.2) is 64.2 Å². The van der Waals surface area contributed by atoms with E-state index < -0.39 is 11.4 Å². The first-order valence-corrected chi connectivity index (χ1v) is 9.01. The highest BCUT2D eigenvalue weighted by atomic mass is 35.5. The van der Waals surface area contributed by atoms with Gasteiger partial charge in [0.25, 0.3) is 11.3 Å². The molecular weight excluding hydrogens is 399 g/mol. The zero-order chi connectivity index (χ0) is 20.4. The van der Waals surface area contributed by atoms with E-state index in [0.29, 0.717) is 17.1 Å². The third-order valence-electron chi connectivity index (χ3n) is 4.30. The Labute approximate surface area is 168 Å². The van der Waals surface area contributed by atoms with Crippen LogP contribution in [0, 0.1) is 5.82 Å². The molecule has 1 N–H and O–H groups in total. The molecule has 2 aromatic heterocycles. The van der Waals surface area contributed by atoms with E-state index in [1.807, 2.05) is 0 Å². The molecule has 0 radical (unpaired) electrons. The third kappa shape index (κ3) is 4.02. The number of hydrogen-bond acceptors (Lipinski definition) is 5. The van der Waals surface area contributed by atoms with Crippen LogP contribution in [0.25, 0.3) is 22.4 Å². The van der Waals surface area contributed by atoms with Crippen molar-refractivity contribution < 1.29 is 13.7 Å². The number of hydrogen-bond donors (Lipinski definition) is 1. The van der Waals surface area contributed by atoms with Crippen molar-refractivity contribution in [3.05, 3.63) is 81.6 Å². The van der Waals surface area contributed by atoms with Gasteiger partial charge in [-0.3, -0.25) is 14.2 Å². The first-order chi connectivity index (χ1) is 14.0. The molecule has 4 aromatic rings. The number of carbonyl (C=O) groups is 1. The molecule has 0 aliphatic carbocycles. The molecule has 146 valence electrons. The van der Waals surface area contributed by atoms with Crippen molar-refractivity contribution in [1.29, 1.82) is 0 Å². The Hall–Kier alpha value is -3.52. The Kier molecular flexibility index (Phi) is 5.09. The predicted molar refractivity (Wildman–Crippen MR) is 105 cm³/mol. The number of aromatic nitrogens is 3. The summed E-state index contributed by atoms with van der Waals surface area (Å²) in [4.78, 5) is 29.2. The maximum absolute atomic E-state index is 13.2. The van der Waals surface area contributed by atoms with Crippen molar-refractivity contribution in [2.45, 2.75) is 13.1 Å². The molecule has 0 unspecified atom stereocenters. The summed E-state index contributed by atoms with van der Waals surface area (Å²) in [7, 11) is 0. The summed E-state index contributed by atoms with van der Waals surface area (Å²) in [5.41, 5.74) is 1.20. The SMILES string of the molecule is O=C(Cn1cnc2onc(-c3ccc(F)cc3)c2c1=O)NCc1ccc(Cl)cc1. The normalized spacial score (nSPS) is 11.0. The minimum atomic E-state index is -0.475. The molecule has 0 saturated heterocycles. The second kappa shape index (κ2) is 7.84. The Bertz CT molecular complexity index is 1230. The summed E-state index contributed by atoms with van der Waals surface area (Å²) < 4.78 is 19.5. The minimum Gasteiger partial charge on any atom is -0.350 e. The van der Waals surface area contributed by atoms with Crippen LogP contribution in [0.4, 0.5) is 4.39 Å². The molecule has 0 fully saturated rings. The smallest absolute Gasteiger partial charge is 0.267 e. The minimum absolute atomic E-state index is 0.0483. The highest BCUT2D eigenvalue weighted by Gasteiger charge is 2.18. The van der Waals surface area contributed by atoms with Gasteiger partial charge in [-0.2, -0.15) is 0 Å². The lowest BCUT2D eigenvalue weighted by Crippen LogP contribution is -2.32. The van der Waals surface area contributed by atoms with Gasteiger partial charge in [-0.1, -0.05) is 28.9 Å². The van der Waals surface area contributed by atoms with Crippen molar-refractivity contribution in [1.82, 2.24) is 20.0 Å². The van der Waals surface area contributed by atoms with Crippen LogP contribution in [0.5, 0.6) is 0 Å². The van der Waals surface area contributed by atoms with Gasteiger partial charge < -0.3 is 9.84 Å². The number of amides is 1. The number of rotatable bonds is 5. The van der Waals surface area contributed by atoms with Gasteiger partial charge in [0.15, 0.2) is 0 Å². The van der Waals surface area contributed by atoms with E-state index in [-0.39, 0.29) is 29.2 Å². The Morgan fingerprint density at radius 1 is 1.14 bits per heavy atom. The Morgan fingerprint density at radius 2 is 1.86 bits per heavy atom.